The summed E-state index contributed by atoms with van der Waals surface area (Å²) in [6.45, 7) is 2.71. The molecule has 118 valence electrons. The Morgan fingerprint density at radius 1 is 1.45 bits per heavy atom. The number of hydrogen-bond donors (Lipinski definition) is 2. The summed E-state index contributed by atoms with van der Waals surface area (Å²) in [5, 5.41) is 13.1. The minimum Gasteiger partial charge on any atom is -0.497 e. The van der Waals surface area contributed by atoms with Gasteiger partial charge in [0, 0.05) is 49.1 Å². The van der Waals surface area contributed by atoms with E-state index in [9.17, 15) is 0 Å². The predicted octanol–water partition coefficient (Wildman–Crippen LogP) is 1.77. The van der Waals surface area contributed by atoms with Crippen LogP contribution in [0.5, 0.6) is 5.75 Å². The first kappa shape index (κ1) is 14.7. The molecule has 0 spiro atoms. The zero-order valence-corrected chi connectivity index (χ0v) is 13.0. The maximum absolute atomic E-state index is 8.75. The van der Waals surface area contributed by atoms with Crippen molar-refractivity contribution in [2.45, 2.75) is 25.9 Å². The third-order valence-electron chi connectivity index (χ3n) is 4.37. The highest BCUT2D eigenvalue weighted by molar-refractivity contribution is 5.87. The molecule has 1 aliphatic heterocycles. The van der Waals surface area contributed by atoms with Gasteiger partial charge in [0.1, 0.15) is 11.6 Å². The summed E-state index contributed by atoms with van der Waals surface area (Å²) in [5.41, 5.74) is 9.54. The van der Waals surface area contributed by atoms with E-state index in [0.29, 0.717) is 6.42 Å². The molecule has 0 aliphatic carbocycles. The van der Waals surface area contributed by atoms with Crippen LogP contribution < -0.4 is 10.5 Å². The third kappa shape index (κ3) is 2.50. The number of amidine groups is 1. The lowest BCUT2D eigenvalue weighted by molar-refractivity contribution is 0.308. The Balaban J connectivity index is 2.10. The number of methoxy groups -OCH3 is 1. The SMILES string of the molecule is COc1ccc2c(c1)c1c(n2CCC(N)=NO)CCN(C)C1. The lowest BCUT2D eigenvalue weighted by atomic mass is 10.0. The van der Waals surface area contributed by atoms with E-state index in [-0.39, 0.29) is 5.84 Å². The Morgan fingerprint density at radius 3 is 3.00 bits per heavy atom. The van der Waals surface area contributed by atoms with E-state index < -0.39 is 0 Å². The normalized spacial score (nSPS) is 16.0. The fourth-order valence-electron chi connectivity index (χ4n) is 3.22. The van der Waals surface area contributed by atoms with Gasteiger partial charge in [-0.1, -0.05) is 5.16 Å². The van der Waals surface area contributed by atoms with Crippen molar-refractivity contribution in [3.05, 3.63) is 29.5 Å². The number of fused-ring (bicyclic) bond motifs is 3. The zero-order valence-electron chi connectivity index (χ0n) is 13.0. The number of rotatable bonds is 4. The molecule has 1 aromatic carbocycles. The van der Waals surface area contributed by atoms with Gasteiger partial charge in [0.2, 0.25) is 0 Å². The number of aromatic nitrogens is 1. The van der Waals surface area contributed by atoms with Gasteiger partial charge in [0.05, 0.1) is 7.11 Å². The molecular formula is C16H22N4O2. The summed E-state index contributed by atoms with van der Waals surface area (Å²) in [6.07, 6.45) is 1.55. The molecule has 0 unspecified atom stereocenters. The van der Waals surface area contributed by atoms with E-state index in [0.717, 1.165) is 31.8 Å². The summed E-state index contributed by atoms with van der Waals surface area (Å²) < 4.78 is 7.67. The molecule has 2 heterocycles. The smallest absolute Gasteiger partial charge is 0.140 e. The minimum atomic E-state index is 0.261. The number of aryl methyl sites for hydroxylation is 1. The van der Waals surface area contributed by atoms with E-state index in [1.165, 1.54) is 22.2 Å². The minimum absolute atomic E-state index is 0.261. The molecule has 0 amide bonds. The second kappa shape index (κ2) is 5.88. The maximum atomic E-state index is 8.75. The van der Waals surface area contributed by atoms with E-state index in [2.05, 4.69) is 33.8 Å². The largest absolute Gasteiger partial charge is 0.497 e. The van der Waals surface area contributed by atoms with Crippen molar-refractivity contribution < 1.29 is 9.94 Å². The summed E-state index contributed by atoms with van der Waals surface area (Å²) in [5.74, 6) is 1.13. The monoisotopic (exact) mass is 302 g/mol. The van der Waals surface area contributed by atoms with Crippen LogP contribution in [0, 0.1) is 0 Å². The molecule has 6 heteroatoms. The van der Waals surface area contributed by atoms with Gasteiger partial charge < -0.3 is 25.1 Å². The average Bonchev–Trinajstić information content (AvgIpc) is 2.84. The van der Waals surface area contributed by atoms with Crippen LogP contribution in [0.1, 0.15) is 17.7 Å². The van der Waals surface area contributed by atoms with Crippen LogP contribution in [-0.2, 0) is 19.5 Å². The van der Waals surface area contributed by atoms with Gasteiger partial charge in [-0.25, -0.2) is 0 Å². The Morgan fingerprint density at radius 2 is 2.27 bits per heavy atom. The Kier molecular flexibility index (Phi) is 3.94. The van der Waals surface area contributed by atoms with E-state index in [1.807, 2.05) is 6.07 Å². The fraction of sp³-hybridized carbons (Fsp3) is 0.438. The fourth-order valence-corrected chi connectivity index (χ4v) is 3.22. The molecule has 3 N–H and O–H groups in total. The second-order valence-electron chi connectivity index (χ2n) is 5.79. The number of nitrogens with two attached hydrogens (primary N) is 1. The molecule has 0 bridgehead atoms. The average molecular weight is 302 g/mol. The van der Waals surface area contributed by atoms with Crippen LogP contribution in [0.2, 0.25) is 0 Å². The highest BCUT2D eigenvalue weighted by Crippen LogP contribution is 2.33. The Hall–Kier alpha value is -2.21. The highest BCUT2D eigenvalue weighted by atomic mass is 16.5. The van der Waals surface area contributed by atoms with Crippen molar-refractivity contribution in [2.75, 3.05) is 20.7 Å². The van der Waals surface area contributed by atoms with Crippen LogP contribution in [-0.4, -0.2) is 41.2 Å². The van der Waals surface area contributed by atoms with E-state index in [4.69, 9.17) is 15.7 Å². The molecule has 0 saturated carbocycles. The van der Waals surface area contributed by atoms with Gasteiger partial charge in [-0.3, -0.25) is 0 Å². The van der Waals surface area contributed by atoms with Crippen molar-refractivity contribution in [3.8, 4) is 5.75 Å². The topological polar surface area (TPSA) is 76.0 Å². The molecule has 6 nitrogen and oxygen atoms in total. The highest BCUT2D eigenvalue weighted by Gasteiger charge is 2.22. The number of benzene rings is 1. The number of ether oxygens (including phenoxy) is 1. The summed E-state index contributed by atoms with van der Waals surface area (Å²) in [4.78, 5) is 2.33. The van der Waals surface area contributed by atoms with Gasteiger partial charge in [-0.15, -0.1) is 0 Å². The van der Waals surface area contributed by atoms with Crippen LogP contribution >= 0.6 is 0 Å². The van der Waals surface area contributed by atoms with Crippen molar-refractivity contribution in [1.29, 1.82) is 0 Å². The molecule has 0 radical (unpaired) electrons. The number of hydrogen-bond acceptors (Lipinski definition) is 4. The lowest BCUT2D eigenvalue weighted by Crippen LogP contribution is -2.27. The van der Waals surface area contributed by atoms with E-state index >= 15 is 0 Å². The van der Waals surface area contributed by atoms with Crippen LogP contribution in [0.4, 0.5) is 0 Å². The molecule has 0 fully saturated rings. The first-order valence-electron chi connectivity index (χ1n) is 7.47. The standard InChI is InChI=1S/C16H22N4O2/c1-19-7-5-15-13(10-19)12-9-11(22-2)3-4-14(12)20(15)8-6-16(17)18-21/h3-4,9,21H,5-8,10H2,1-2H3,(H2,17,18). The summed E-state index contributed by atoms with van der Waals surface area (Å²) >= 11 is 0. The lowest BCUT2D eigenvalue weighted by Gasteiger charge is -2.24. The molecule has 3 rings (SSSR count). The van der Waals surface area contributed by atoms with Crippen molar-refractivity contribution in [2.24, 2.45) is 10.9 Å². The zero-order chi connectivity index (χ0) is 15.7. The second-order valence-corrected chi connectivity index (χ2v) is 5.79. The van der Waals surface area contributed by atoms with Gasteiger partial charge >= 0.3 is 0 Å². The van der Waals surface area contributed by atoms with Crippen LogP contribution in [0.15, 0.2) is 23.4 Å². The first-order valence-corrected chi connectivity index (χ1v) is 7.47. The summed E-state index contributed by atoms with van der Waals surface area (Å²) in [7, 11) is 3.83. The van der Waals surface area contributed by atoms with Crippen molar-refractivity contribution in [3.63, 3.8) is 0 Å². The van der Waals surface area contributed by atoms with Gasteiger partial charge in [0.25, 0.3) is 0 Å². The predicted molar refractivity (Wildman–Crippen MR) is 86.6 cm³/mol. The molecule has 0 atom stereocenters. The first-order chi connectivity index (χ1) is 10.6. The summed E-state index contributed by atoms with van der Waals surface area (Å²) in [6, 6.07) is 6.18. The van der Waals surface area contributed by atoms with Crippen molar-refractivity contribution >= 4 is 16.7 Å². The van der Waals surface area contributed by atoms with E-state index in [1.54, 1.807) is 7.11 Å². The molecular weight excluding hydrogens is 280 g/mol. The number of oxime groups is 1. The van der Waals surface area contributed by atoms with Gasteiger partial charge in [0.15, 0.2) is 0 Å². The Labute approximate surface area is 129 Å². The number of nitrogens with zero attached hydrogens (tertiary/aromatic N) is 3. The Bertz CT molecular complexity index is 720. The molecule has 1 aliphatic rings. The molecule has 22 heavy (non-hydrogen) atoms. The van der Waals surface area contributed by atoms with Gasteiger partial charge in [-0.2, -0.15) is 0 Å². The van der Waals surface area contributed by atoms with Crippen LogP contribution in [0.25, 0.3) is 10.9 Å². The quantitative estimate of drug-likeness (QED) is 0.391. The maximum Gasteiger partial charge on any atom is 0.140 e. The molecule has 0 saturated heterocycles. The van der Waals surface area contributed by atoms with Crippen LogP contribution in [0.3, 0.4) is 0 Å². The third-order valence-corrected chi connectivity index (χ3v) is 4.37. The molecule has 1 aromatic heterocycles. The van der Waals surface area contributed by atoms with Crippen molar-refractivity contribution in [1.82, 2.24) is 9.47 Å². The number of likely N-dealkylation sites (N-methyl/N-ethyl adjacent to an activating group) is 1. The molecule has 2 aromatic rings. The van der Waals surface area contributed by atoms with Gasteiger partial charge in [-0.05, 0) is 30.8 Å².